The van der Waals surface area contributed by atoms with Crippen LogP contribution in [0.4, 0.5) is 0 Å². The summed E-state index contributed by atoms with van der Waals surface area (Å²) in [6, 6.07) is 10.5. The lowest BCUT2D eigenvalue weighted by atomic mass is 10.1. The van der Waals surface area contributed by atoms with Gasteiger partial charge in [0.05, 0.1) is 11.9 Å². The van der Waals surface area contributed by atoms with E-state index in [0.29, 0.717) is 18.3 Å². The van der Waals surface area contributed by atoms with Gasteiger partial charge in [0.15, 0.2) is 0 Å². The van der Waals surface area contributed by atoms with Crippen LogP contribution < -0.4 is 5.73 Å². The number of benzene rings is 1. The second-order valence-corrected chi connectivity index (χ2v) is 3.87. The predicted octanol–water partition coefficient (Wildman–Crippen LogP) is 1.99. The first kappa shape index (κ1) is 10.7. The van der Waals surface area contributed by atoms with E-state index in [1.54, 1.807) is 17.1 Å². The van der Waals surface area contributed by atoms with Crippen molar-refractivity contribution < 1.29 is 4.42 Å². The molecule has 5 heteroatoms. The lowest BCUT2D eigenvalue weighted by Gasteiger charge is -1.94. The van der Waals surface area contributed by atoms with E-state index in [-0.39, 0.29) is 0 Å². The van der Waals surface area contributed by atoms with Gasteiger partial charge >= 0.3 is 6.01 Å². The zero-order valence-corrected chi connectivity index (χ0v) is 9.65. The van der Waals surface area contributed by atoms with E-state index in [4.69, 9.17) is 10.2 Å². The van der Waals surface area contributed by atoms with E-state index in [0.717, 1.165) is 11.1 Å². The van der Waals surface area contributed by atoms with Gasteiger partial charge in [-0.1, -0.05) is 30.3 Å². The summed E-state index contributed by atoms with van der Waals surface area (Å²) in [6.45, 7) is 0.357. The van der Waals surface area contributed by atoms with E-state index in [1.807, 2.05) is 36.5 Å². The molecule has 90 valence electrons. The van der Waals surface area contributed by atoms with Crippen molar-refractivity contribution >= 4 is 0 Å². The Morgan fingerprint density at radius 2 is 2.00 bits per heavy atom. The largest absolute Gasteiger partial charge is 0.430 e. The van der Waals surface area contributed by atoms with Crippen LogP contribution in [0, 0.1) is 0 Å². The normalized spacial score (nSPS) is 10.7. The Kier molecular flexibility index (Phi) is 2.66. The van der Waals surface area contributed by atoms with Gasteiger partial charge in [0, 0.05) is 18.3 Å². The second-order valence-electron chi connectivity index (χ2n) is 3.87. The summed E-state index contributed by atoms with van der Waals surface area (Å²) in [5, 5.41) is 4.23. The first-order valence-electron chi connectivity index (χ1n) is 5.62. The highest BCUT2D eigenvalue weighted by Crippen LogP contribution is 2.19. The molecule has 0 amide bonds. The van der Waals surface area contributed by atoms with Crippen LogP contribution in [0.25, 0.3) is 17.1 Å². The van der Waals surface area contributed by atoms with Crippen LogP contribution in [0.2, 0.25) is 0 Å². The van der Waals surface area contributed by atoms with Crippen molar-refractivity contribution in [2.24, 2.45) is 5.73 Å². The van der Waals surface area contributed by atoms with Crippen molar-refractivity contribution in [2.45, 2.75) is 6.54 Å². The summed E-state index contributed by atoms with van der Waals surface area (Å²) in [7, 11) is 0. The van der Waals surface area contributed by atoms with Crippen molar-refractivity contribution in [1.29, 1.82) is 0 Å². The van der Waals surface area contributed by atoms with Gasteiger partial charge in [0.1, 0.15) is 6.26 Å². The SMILES string of the molecule is NCc1coc(-n2cc(-c3ccccc3)cn2)n1. The number of aromatic nitrogens is 3. The van der Waals surface area contributed by atoms with Gasteiger partial charge in [-0.3, -0.25) is 0 Å². The third kappa shape index (κ3) is 1.91. The Bertz CT molecular complexity index is 642. The maximum atomic E-state index is 5.49. The molecule has 0 saturated heterocycles. The molecular weight excluding hydrogens is 228 g/mol. The molecule has 0 spiro atoms. The highest BCUT2D eigenvalue weighted by Gasteiger charge is 2.07. The summed E-state index contributed by atoms with van der Waals surface area (Å²) in [5.41, 5.74) is 8.32. The smallest absolute Gasteiger partial charge is 0.322 e. The molecule has 0 atom stereocenters. The van der Waals surface area contributed by atoms with Crippen molar-refractivity contribution in [3.8, 4) is 17.1 Å². The zero-order valence-electron chi connectivity index (χ0n) is 9.65. The Morgan fingerprint density at radius 1 is 1.17 bits per heavy atom. The molecule has 3 aromatic rings. The van der Waals surface area contributed by atoms with Crippen molar-refractivity contribution in [3.05, 3.63) is 54.7 Å². The monoisotopic (exact) mass is 240 g/mol. The van der Waals surface area contributed by atoms with Crippen LogP contribution >= 0.6 is 0 Å². The third-order valence-corrected chi connectivity index (χ3v) is 2.63. The molecule has 0 aliphatic rings. The molecule has 0 aliphatic heterocycles. The van der Waals surface area contributed by atoms with Gasteiger partial charge < -0.3 is 10.2 Å². The number of hydrogen-bond acceptors (Lipinski definition) is 4. The fourth-order valence-corrected chi connectivity index (χ4v) is 1.70. The Morgan fingerprint density at radius 3 is 2.72 bits per heavy atom. The van der Waals surface area contributed by atoms with Crippen LogP contribution in [0.5, 0.6) is 0 Å². The fourth-order valence-electron chi connectivity index (χ4n) is 1.70. The summed E-state index contributed by atoms with van der Waals surface area (Å²) in [4.78, 5) is 4.21. The molecule has 2 aromatic heterocycles. The maximum Gasteiger partial charge on any atom is 0.322 e. The lowest BCUT2D eigenvalue weighted by molar-refractivity contribution is 0.509. The van der Waals surface area contributed by atoms with E-state index in [1.165, 1.54) is 0 Å². The maximum absolute atomic E-state index is 5.49. The quantitative estimate of drug-likeness (QED) is 0.760. The number of nitrogens with two attached hydrogens (primary N) is 1. The average molecular weight is 240 g/mol. The minimum Gasteiger partial charge on any atom is -0.430 e. The minimum absolute atomic E-state index is 0.357. The van der Waals surface area contributed by atoms with Gasteiger partial charge in [0.2, 0.25) is 0 Å². The van der Waals surface area contributed by atoms with E-state index in [9.17, 15) is 0 Å². The van der Waals surface area contributed by atoms with Gasteiger partial charge in [-0.2, -0.15) is 14.8 Å². The van der Waals surface area contributed by atoms with E-state index < -0.39 is 0 Å². The van der Waals surface area contributed by atoms with Crippen LogP contribution in [0.1, 0.15) is 5.69 Å². The Hall–Kier alpha value is -2.40. The molecule has 0 saturated carbocycles. The lowest BCUT2D eigenvalue weighted by Crippen LogP contribution is -1.98. The molecule has 2 N–H and O–H groups in total. The summed E-state index contributed by atoms with van der Waals surface area (Å²) >= 11 is 0. The predicted molar refractivity (Wildman–Crippen MR) is 67.0 cm³/mol. The van der Waals surface area contributed by atoms with Crippen molar-refractivity contribution in [2.75, 3.05) is 0 Å². The molecule has 2 heterocycles. The first-order valence-corrected chi connectivity index (χ1v) is 5.62. The Labute approximate surface area is 104 Å². The second kappa shape index (κ2) is 4.46. The summed E-state index contributed by atoms with van der Waals surface area (Å²) in [5.74, 6) is 0. The average Bonchev–Trinajstić information content (AvgIpc) is 3.08. The number of oxazole rings is 1. The standard InChI is InChI=1S/C13H12N4O/c14-6-12-9-18-13(16-12)17-8-11(7-15-17)10-4-2-1-3-5-10/h1-5,7-9H,6,14H2. The molecule has 18 heavy (non-hydrogen) atoms. The van der Waals surface area contributed by atoms with Crippen LogP contribution in [0.3, 0.4) is 0 Å². The van der Waals surface area contributed by atoms with Crippen LogP contribution in [-0.2, 0) is 6.54 Å². The molecule has 0 radical (unpaired) electrons. The molecule has 0 fully saturated rings. The molecule has 3 rings (SSSR count). The summed E-state index contributed by atoms with van der Waals surface area (Å²) in [6.07, 6.45) is 5.20. The number of rotatable bonds is 3. The molecule has 1 aromatic carbocycles. The van der Waals surface area contributed by atoms with Gasteiger partial charge in [-0.05, 0) is 5.56 Å². The first-order chi connectivity index (χ1) is 8.86. The zero-order chi connectivity index (χ0) is 12.4. The number of nitrogens with zero attached hydrogens (tertiary/aromatic N) is 3. The molecule has 0 aliphatic carbocycles. The van der Waals surface area contributed by atoms with Crippen LogP contribution in [0.15, 0.2) is 53.4 Å². The summed E-state index contributed by atoms with van der Waals surface area (Å²) < 4.78 is 6.90. The molecule has 0 bridgehead atoms. The van der Waals surface area contributed by atoms with Gasteiger partial charge in [-0.15, -0.1) is 0 Å². The minimum atomic E-state index is 0.357. The van der Waals surface area contributed by atoms with Gasteiger partial charge in [0.25, 0.3) is 0 Å². The highest BCUT2D eigenvalue weighted by atomic mass is 16.4. The van der Waals surface area contributed by atoms with Crippen molar-refractivity contribution in [1.82, 2.24) is 14.8 Å². The van der Waals surface area contributed by atoms with E-state index >= 15 is 0 Å². The molecule has 0 unspecified atom stereocenters. The van der Waals surface area contributed by atoms with Crippen molar-refractivity contribution in [3.63, 3.8) is 0 Å². The topological polar surface area (TPSA) is 69.9 Å². The molecular formula is C13H12N4O. The molecule has 5 nitrogen and oxygen atoms in total. The Balaban J connectivity index is 1.94. The van der Waals surface area contributed by atoms with Gasteiger partial charge in [-0.25, -0.2) is 0 Å². The number of hydrogen-bond donors (Lipinski definition) is 1. The highest BCUT2D eigenvalue weighted by molar-refractivity contribution is 5.61. The van der Waals surface area contributed by atoms with E-state index in [2.05, 4.69) is 10.1 Å². The fraction of sp³-hybridized carbons (Fsp3) is 0.0769. The van der Waals surface area contributed by atoms with Crippen LogP contribution in [-0.4, -0.2) is 14.8 Å². The third-order valence-electron chi connectivity index (χ3n) is 2.63.